The zero-order valence-corrected chi connectivity index (χ0v) is 10.9. The molecule has 2 aromatic rings. The van der Waals surface area contributed by atoms with Crippen LogP contribution in [0.2, 0.25) is 0 Å². The Labute approximate surface area is 110 Å². The minimum Gasteiger partial charge on any atom is -0.507 e. The van der Waals surface area contributed by atoms with Gasteiger partial charge < -0.3 is 9.53 Å². The first kappa shape index (κ1) is 11.5. The largest absolute Gasteiger partial charge is 0.507 e. The Morgan fingerprint density at radius 3 is 2.67 bits per heavy atom. The summed E-state index contributed by atoms with van der Waals surface area (Å²) in [5, 5.41) is 10.1. The van der Waals surface area contributed by atoms with Crippen molar-refractivity contribution < 1.29 is 9.53 Å². The van der Waals surface area contributed by atoms with E-state index in [0.717, 1.165) is 17.5 Å². The molecule has 3 radical (unpaired) electrons. The van der Waals surface area contributed by atoms with Crippen molar-refractivity contribution in [2.45, 2.75) is 12.3 Å². The molecule has 0 amide bonds. The van der Waals surface area contributed by atoms with Crippen LogP contribution >= 0.6 is 0 Å². The van der Waals surface area contributed by atoms with Crippen molar-refractivity contribution in [3.8, 4) is 16.9 Å². The van der Waals surface area contributed by atoms with Crippen LogP contribution in [0.1, 0.15) is 23.5 Å². The third-order valence-electron chi connectivity index (χ3n) is 3.56. The van der Waals surface area contributed by atoms with Gasteiger partial charge in [0, 0.05) is 18.1 Å². The van der Waals surface area contributed by atoms with Gasteiger partial charge in [-0.25, -0.2) is 0 Å². The molecule has 0 fully saturated rings. The molecule has 1 atom stereocenters. The second kappa shape index (κ2) is 4.59. The Balaban J connectivity index is 2.16. The number of hydrogen-bond acceptors (Lipinski definition) is 2. The van der Waals surface area contributed by atoms with Gasteiger partial charge in [0.25, 0.3) is 0 Å². The van der Waals surface area contributed by atoms with Crippen molar-refractivity contribution in [1.29, 1.82) is 0 Å². The van der Waals surface area contributed by atoms with Crippen molar-refractivity contribution in [3.05, 3.63) is 53.6 Å². The van der Waals surface area contributed by atoms with Crippen LogP contribution in [0.25, 0.3) is 11.1 Å². The average Bonchev–Trinajstić information content (AvgIpc) is 2.72. The SMILES string of the molecule is Oc1cccc2c1-c1ccccc1C2CCO[Si]. The Morgan fingerprint density at radius 1 is 1.06 bits per heavy atom. The maximum absolute atomic E-state index is 10.1. The van der Waals surface area contributed by atoms with E-state index in [-0.39, 0.29) is 0 Å². The zero-order valence-electron chi connectivity index (χ0n) is 9.89. The molecular formula is C15H13O2Si. The molecule has 0 aliphatic heterocycles. The number of benzene rings is 2. The average molecular weight is 253 g/mol. The summed E-state index contributed by atoms with van der Waals surface area (Å²) in [5.41, 5.74) is 4.59. The highest BCUT2D eigenvalue weighted by atomic mass is 28.2. The number of phenolic OH excluding ortho intramolecular Hbond substituents is 1. The molecule has 18 heavy (non-hydrogen) atoms. The molecule has 2 nitrogen and oxygen atoms in total. The first-order valence-corrected chi connectivity index (χ1v) is 6.43. The van der Waals surface area contributed by atoms with Gasteiger partial charge in [-0.1, -0.05) is 36.4 Å². The predicted octanol–water partition coefficient (Wildman–Crippen LogP) is 2.99. The molecule has 1 aliphatic carbocycles. The number of phenols is 1. The van der Waals surface area contributed by atoms with Crippen LogP contribution in [0, 0.1) is 0 Å². The first-order valence-electron chi connectivity index (χ1n) is 6.02. The highest BCUT2D eigenvalue weighted by molar-refractivity contribution is 5.97. The molecule has 2 aromatic carbocycles. The van der Waals surface area contributed by atoms with E-state index in [1.54, 1.807) is 6.07 Å². The quantitative estimate of drug-likeness (QED) is 0.852. The molecule has 89 valence electrons. The van der Waals surface area contributed by atoms with Gasteiger partial charge in [-0.3, -0.25) is 0 Å². The molecule has 0 saturated heterocycles. The lowest BCUT2D eigenvalue weighted by molar-refractivity contribution is 0.333. The highest BCUT2D eigenvalue weighted by Crippen LogP contribution is 2.49. The summed E-state index contributed by atoms with van der Waals surface area (Å²) in [5.74, 6) is 0.668. The van der Waals surface area contributed by atoms with Gasteiger partial charge >= 0.3 is 0 Å². The number of rotatable bonds is 3. The van der Waals surface area contributed by atoms with Gasteiger partial charge in [0.05, 0.1) is 0 Å². The number of fused-ring (bicyclic) bond motifs is 3. The monoisotopic (exact) mass is 253 g/mol. The second-order valence-electron chi connectivity index (χ2n) is 4.52. The van der Waals surface area contributed by atoms with Crippen molar-refractivity contribution in [2.75, 3.05) is 6.61 Å². The van der Waals surface area contributed by atoms with Gasteiger partial charge in [0.1, 0.15) is 5.75 Å². The van der Waals surface area contributed by atoms with Crippen molar-refractivity contribution in [3.63, 3.8) is 0 Å². The van der Waals surface area contributed by atoms with Crippen LogP contribution in [0.5, 0.6) is 5.75 Å². The predicted molar refractivity (Wildman–Crippen MR) is 71.7 cm³/mol. The Morgan fingerprint density at radius 2 is 1.83 bits per heavy atom. The topological polar surface area (TPSA) is 29.5 Å². The van der Waals surface area contributed by atoms with E-state index in [2.05, 4.69) is 28.7 Å². The molecule has 0 aromatic heterocycles. The standard InChI is InChI=1S/C15H13O2Si/c16-14-7-3-6-13-11(8-9-17-18)10-4-1-2-5-12(10)15(13)14/h1-7,11,16H,8-9H2. The molecule has 0 heterocycles. The fraction of sp³-hybridized carbons (Fsp3) is 0.200. The summed E-state index contributed by atoms with van der Waals surface area (Å²) in [6, 6.07) is 14.0. The van der Waals surface area contributed by atoms with Crippen LogP contribution in [0.4, 0.5) is 0 Å². The lowest BCUT2D eigenvalue weighted by Gasteiger charge is -2.12. The minimum atomic E-state index is 0.305. The first-order chi connectivity index (χ1) is 8.83. The smallest absolute Gasteiger partial charge is 0.246 e. The van der Waals surface area contributed by atoms with Gasteiger partial charge in [-0.15, -0.1) is 0 Å². The van der Waals surface area contributed by atoms with Crippen LogP contribution < -0.4 is 0 Å². The van der Waals surface area contributed by atoms with Crippen LogP contribution in [0.15, 0.2) is 42.5 Å². The van der Waals surface area contributed by atoms with Crippen LogP contribution in [0.3, 0.4) is 0 Å². The number of aromatic hydroxyl groups is 1. The van der Waals surface area contributed by atoms with E-state index in [1.807, 2.05) is 18.2 Å². The summed E-state index contributed by atoms with van der Waals surface area (Å²) in [4.78, 5) is 0. The number of hydrogen-bond donors (Lipinski definition) is 1. The fourth-order valence-corrected chi connectivity index (χ4v) is 2.94. The van der Waals surface area contributed by atoms with Crippen molar-refractivity contribution >= 4 is 10.5 Å². The van der Waals surface area contributed by atoms with E-state index in [4.69, 9.17) is 4.43 Å². The Hall–Kier alpha value is -1.58. The normalized spacial score (nSPS) is 16.4. The van der Waals surface area contributed by atoms with Gasteiger partial charge in [-0.2, -0.15) is 0 Å². The van der Waals surface area contributed by atoms with Gasteiger partial charge in [-0.05, 0) is 29.2 Å². The maximum Gasteiger partial charge on any atom is 0.246 e. The van der Waals surface area contributed by atoms with E-state index < -0.39 is 0 Å². The molecule has 0 bridgehead atoms. The summed E-state index contributed by atoms with van der Waals surface area (Å²) >= 11 is 0. The summed E-state index contributed by atoms with van der Waals surface area (Å²) in [6.07, 6.45) is 0.900. The molecule has 0 saturated carbocycles. The van der Waals surface area contributed by atoms with E-state index in [1.165, 1.54) is 11.1 Å². The molecule has 1 N–H and O–H groups in total. The van der Waals surface area contributed by atoms with Crippen molar-refractivity contribution in [2.24, 2.45) is 0 Å². The van der Waals surface area contributed by atoms with Crippen molar-refractivity contribution in [1.82, 2.24) is 0 Å². The van der Waals surface area contributed by atoms with Gasteiger partial charge in [0.2, 0.25) is 10.5 Å². The lowest BCUT2D eigenvalue weighted by atomic mass is 9.94. The third kappa shape index (κ3) is 1.67. The highest BCUT2D eigenvalue weighted by Gasteiger charge is 2.29. The molecule has 3 heteroatoms. The molecule has 1 unspecified atom stereocenters. The summed E-state index contributed by atoms with van der Waals surface area (Å²) < 4.78 is 5.01. The van der Waals surface area contributed by atoms with E-state index in [0.29, 0.717) is 18.3 Å². The van der Waals surface area contributed by atoms with Crippen LogP contribution in [-0.2, 0) is 4.43 Å². The fourth-order valence-electron chi connectivity index (χ4n) is 2.83. The Bertz CT molecular complexity index is 580. The third-order valence-corrected chi connectivity index (χ3v) is 3.77. The summed E-state index contributed by atoms with van der Waals surface area (Å²) in [6.45, 7) is 0.644. The summed E-state index contributed by atoms with van der Waals surface area (Å²) in [7, 11) is 3.05. The second-order valence-corrected chi connectivity index (χ2v) is 4.81. The van der Waals surface area contributed by atoms with Crippen LogP contribution in [-0.4, -0.2) is 22.2 Å². The Kier molecular flexibility index (Phi) is 2.93. The zero-order chi connectivity index (χ0) is 12.5. The van der Waals surface area contributed by atoms with E-state index in [9.17, 15) is 5.11 Å². The molecule has 0 spiro atoms. The molecular weight excluding hydrogens is 240 g/mol. The molecule has 3 rings (SSSR count). The lowest BCUT2D eigenvalue weighted by Crippen LogP contribution is -2.01. The van der Waals surface area contributed by atoms with E-state index >= 15 is 0 Å². The minimum absolute atomic E-state index is 0.305. The van der Waals surface area contributed by atoms with Gasteiger partial charge in [0.15, 0.2) is 0 Å². The maximum atomic E-state index is 10.1. The molecule has 1 aliphatic rings.